The van der Waals surface area contributed by atoms with Crippen molar-refractivity contribution in [2.75, 3.05) is 7.05 Å². The van der Waals surface area contributed by atoms with Crippen molar-refractivity contribution in [1.29, 1.82) is 0 Å². The molecule has 1 aromatic rings. The number of hydrogen-bond acceptors (Lipinski definition) is 4. The van der Waals surface area contributed by atoms with E-state index in [4.69, 9.17) is 10.8 Å². The van der Waals surface area contributed by atoms with Crippen molar-refractivity contribution < 1.29 is 14.7 Å². The third-order valence-corrected chi connectivity index (χ3v) is 3.06. The number of nitrogens with zero attached hydrogens (tertiary/aromatic N) is 3. The summed E-state index contributed by atoms with van der Waals surface area (Å²) in [6.45, 7) is 1.73. The minimum atomic E-state index is -1.02. The molecule has 7 nitrogen and oxygen atoms in total. The zero-order valence-corrected chi connectivity index (χ0v) is 10.1. The molecule has 1 amide bonds. The molecule has 0 bridgehead atoms. The van der Waals surface area contributed by atoms with Crippen LogP contribution < -0.4 is 5.73 Å². The molecule has 0 aromatic carbocycles. The van der Waals surface area contributed by atoms with E-state index in [1.165, 1.54) is 17.2 Å². The van der Waals surface area contributed by atoms with Crippen molar-refractivity contribution >= 4 is 17.8 Å². The summed E-state index contributed by atoms with van der Waals surface area (Å²) < 4.78 is 1.59. The molecule has 0 saturated heterocycles. The van der Waals surface area contributed by atoms with Crippen molar-refractivity contribution in [3.05, 3.63) is 24.0 Å². The SMILES string of the molecule is CN1C(=O)CC(C)(n2ccc(C(=O)O)c2)N=C1N. The number of rotatable bonds is 2. The van der Waals surface area contributed by atoms with E-state index < -0.39 is 11.6 Å². The molecule has 96 valence electrons. The van der Waals surface area contributed by atoms with E-state index in [9.17, 15) is 9.59 Å². The molecule has 1 aromatic heterocycles. The Morgan fingerprint density at radius 3 is 2.78 bits per heavy atom. The number of guanidine groups is 1. The van der Waals surface area contributed by atoms with Crippen molar-refractivity contribution in [2.45, 2.75) is 19.0 Å². The summed E-state index contributed by atoms with van der Waals surface area (Å²) in [6.07, 6.45) is 3.16. The zero-order chi connectivity index (χ0) is 13.5. The lowest BCUT2D eigenvalue weighted by atomic mass is 10.1. The summed E-state index contributed by atoms with van der Waals surface area (Å²) in [5.41, 5.74) is 4.95. The van der Waals surface area contributed by atoms with Gasteiger partial charge >= 0.3 is 5.97 Å². The normalized spacial score (nSPS) is 24.0. The Hall–Kier alpha value is -2.31. The quantitative estimate of drug-likeness (QED) is 0.773. The topological polar surface area (TPSA) is 101 Å². The lowest BCUT2D eigenvalue weighted by molar-refractivity contribution is -0.129. The van der Waals surface area contributed by atoms with Gasteiger partial charge in [0.05, 0.1) is 12.0 Å². The summed E-state index contributed by atoms with van der Waals surface area (Å²) in [5.74, 6) is -1.05. The van der Waals surface area contributed by atoms with Crippen LogP contribution in [-0.2, 0) is 10.5 Å². The first-order valence-electron chi connectivity index (χ1n) is 5.37. The van der Waals surface area contributed by atoms with Crippen LogP contribution in [0.4, 0.5) is 0 Å². The number of hydrogen-bond donors (Lipinski definition) is 2. The van der Waals surface area contributed by atoms with Gasteiger partial charge in [-0.1, -0.05) is 0 Å². The molecule has 1 aliphatic heterocycles. The molecule has 3 N–H and O–H groups in total. The number of aromatic nitrogens is 1. The molecule has 1 atom stereocenters. The number of amides is 1. The van der Waals surface area contributed by atoms with Crippen LogP contribution in [0.1, 0.15) is 23.7 Å². The standard InChI is InChI=1S/C11H14N4O3/c1-11(5-8(16)14(2)10(12)13-11)15-4-3-7(6-15)9(17)18/h3-4,6H,5H2,1-2H3,(H2,12,13)(H,17,18). The molecular formula is C11H14N4O3. The predicted molar refractivity (Wildman–Crippen MR) is 64.0 cm³/mol. The van der Waals surface area contributed by atoms with Crippen molar-refractivity contribution in [3.63, 3.8) is 0 Å². The summed E-state index contributed by atoms with van der Waals surface area (Å²) in [4.78, 5) is 28.1. The second kappa shape index (κ2) is 3.86. The van der Waals surface area contributed by atoms with Gasteiger partial charge in [0.1, 0.15) is 5.66 Å². The number of carboxylic acid groups (broad SMARTS) is 1. The average molecular weight is 250 g/mol. The summed E-state index contributed by atoms with van der Waals surface area (Å²) >= 11 is 0. The molecule has 2 rings (SSSR count). The second-order valence-corrected chi connectivity index (χ2v) is 4.43. The highest BCUT2D eigenvalue weighted by atomic mass is 16.4. The Morgan fingerprint density at radius 2 is 2.28 bits per heavy atom. The molecule has 7 heteroatoms. The van der Waals surface area contributed by atoms with Crippen molar-refractivity contribution in [2.24, 2.45) is 10.7 Å². The van der Waals surface area contributed by atoms with E-state index >= 15 is 0 Å². The van der Waals surface area contributed by atoms with Crippen molar-refractivity contribution in [1.82, 2.24) is 9.47 Å². The van der Waals surface area contributed by atoms with Crippen LogP contribution in [0, 0.1) is 0 Å². The Kier molecular flexibility index (Phi) is 2.61. The van der Waals surface area contributed by atoms with Gasteiger partial charge in [-0.25, -0.2) is 9.79 Å². The summed E-state index contributed by atoms with van der Waals surface area (Å²) in [7, 11) is 1.55. The molecular weight excluding hydrogens is 236 g/mol. The molecule has 1 aliphatic rings. The van der Waals surface area contributed by atoms with Crippen molar-refractivity contribution in [3.8, 4) is 0 Å². The van der Waals surface area contributed by atoms with Gasteiger partial charge in [0, 0.05) is 19.4 Å². The Labute approximate surface area is 104 Å². The Balaban J connectivity index is 2.42. The Bertz CT molecular complexity index is 548. The third-order valence-electron chi connectivity index (χ3n) is 3.06. The molecule has 2 heterocycles. The maximum atomic E-state index is 11.8. The molecule has 0 saturated carbocycles. The van der Waals surface area contributed by atoms with Gasteiger partial charge in [0.2, 0.25) is 5.91 Å². The van der Waals surface area contributed by atoms with Gasteiger partial charge in [0.25, 0.3) is 0 Å². The van der Waals surface area contributed by atoms with Gasteiger partial charge in [-0.05, 0) is 13.0 Å². The first-order chi connectivity index (χ1) is 8.33. The number of carbonyl (C=O) groups excluding carboxylic acids is 1. The number of nitrogens with two attached hydrogens (primary N) is 1. The third kappa shape index (κ3) is 1.83. The van der Waals surface area contributed by atoms with Crippen LogP contribution in [0.25, 0.3) is 0 Å². The highest BCUT2D eigenvalue weighted by Gasteiger charge is 2.36. The highest BCUT2D eigenvalue weighted by molar-refractivity contribution is 5.98. The van der Waals surface area contributed by atoms with Gasteiger partial charge in [0.15, 0.2) is 5.96 Å². The fourth-order valence-electron chi connectivity index (χ4n) is 1.87. The second-order valence-electron chi connectivity index (χ2n) is 4.43. The number of carbonyl (C=O) groups is 2. The zero-order valence-electron chi connectivity index (χ0n) is 10.1. The average Bonchev–Trinajstić information content (AvgIpc) is 2.75. The molecule has 18 heavy (non-hydrogen) atoms. The largest absolute Gasteiger partial charge is 0.478 e. The molecule has 0 radical (unpaired) electrons. The van der Waals surface area contributed by atoms with Gasteiger partial charge < -0.3 is 15.4 Å². The molecule has 0 aliphatic carbocycles. The predicted octanol–water partition coefficient (Wildman–Crippen LogP) is 0.0358. The number of carboxylic acids is 1. The minimum absolute atomic E-state index is 0.124. The van der Waals surface area contributed by atoms with Crippen LogP contribution in [-0.4, -0.2) is 39.5 Å². The maximum Gasteiger partial charge on any atom is 0.337 e. The number of aliphatic imine (C=N–C) groups is 1. The lowest BCUT2D eigenvalue weighted by Crippen LogP contribution is -2.49. The smallest absolute Gasteiger partial charge is 0.337 e. The van der Waals surface area contributed by atoms with E-state index in [1.54, 1.807) is 24.7 Å². The van der Waals surface area contributed by atoms with E-state index in [-0.39, 0.29) is 23.9 Å². The van der Waals surface area contributed by atoms with E-state index in [0.717, 1.165) is 0 Å². The van der Waals surface area contributed by atoms with Crippen LogP contribution in [0.5, 0.6) is 0 Å². The maximum absolute atomic E-state index is 11.8. The van der Waals surface area contributed by atoms with Crippen LogP contribution in [0.3, 0.4) is 0 Å². The van der Waals surface area contributed by atoms with Gasteiger partial charge in [-0.15, -0.1) is 0 Å². The fraction of sp³-hybridized carbons (Fsp3) is 0.364. The highest BCUT2D eigenvalue weighted by Crippen LogP contribution is 2.27. The minimum Gasteiger partial charge on any atom is -0.478 e. The first-order valence-corrected chi connectivity index (χ1v) is 5.37. The van der Waals surface area contributed by atoms with E-state index in [0.29, 0.717) is 0 Å². The van der Waals surface area contributed by atoms with Crippen LogP contribution in [0.2, 0.25) is 0 Å². The lowest BCUT2D eigenvalue weighted by Gasteiger charge is -2.34. The molecule has 0 fully saturated rings. The van der Waals surface area contributed by atoms with Gasteiger partial charge in [-0.3, -0.25) is 9.69 Å². The number of aromatic carboxylic acids is 1. The van der Waals surface area contributed by atoms with Crippen LogP contribution in [0.15, 0.2) is 23.5 Å². The summed E-state index contributed by atoms with van der Waals surface area (Å²) in [5, 5.41) is 8.88. The van der Waals surface area contributed by atoms with E-state index in [2.05, 4.69) is 4.99 Å². The fourth-order valence-corrected chi connectivity index (χ4v) is 1.87. The van der Waals surface area contributed by atoms with Gasteiger partial charge in [-0.2, -0.15) is 0 Å². The molecule has 0 spiro atoms. The van der Waals surface area contributed by atoms with E-state index in [1.807, 2.05) is 0 Å². The molecule has 1 unspecified atom stereocenters. The summed E-state index contributed by atoms with van der Waals surface area (Å²) in [6, 6.07) is 1.46. The Morgan fingerprint density at radius 1 is 1.61 bits per heavy atom. The van der Waals surface area contributed by atoms with Crippen LogP contribution >= 0.6 is 0 Å². The monoisotopic (exact) mass is 250 g/mol. The first kappa shape index (κ1) is 12.2.